The molecule has 25 heavy (non-hydrogen) atoms. The molecule has 3 heterocycles. The summed E-state index contributed by atoms with van der Waals surface area (Å²) in [6.07, 6.45) is -1.48. The van der Waals surface area contributed by atoms with Crippen molar-refractivity contribution in [3.63, 3.8) is 0 Å². The predicted molar refractivity (Wildman–Crippen MR) is 91.4 cm³/mol. The summed E-state index contributed by atoms with van der Waals surface area (Å²) in [5.74, 6) is -1.17. The zero-order valence-electron chi connectivity index (χ0n) is 14.0. The van der Waals surface area contributed by atoms with Crippen LogP contribution in [0.25, 0.3) is 0 Å². The smallest absolute Gasteiger partial charge is 0.282 e. The minimum absolute atomic E-state index is 0.225. The van der Waals surface area contributed by atoms with Gasteiger partial charge in [-0.1, -0.05) is 30.3 Å². The van der Waals surface area contributed by atoms with Gasteiger partial charge in [-0.2, -0.15) is 0 Å². The normalized spacial score (nSPS) is 35.7. The molecule has 0 saturated carbocycles. The van der Waals surface area contributed by atoms with E-state index in [0.29, 0.717) is 6.61 Å². The van der Waals surface area contributed by atoms with Crippen LogP contribution >= 0.6 is 12.2 Å². The van der Waals surface area contributed by atoms with Crippen LogP contribution in [0.2, 0.25) is 0 Å². The van der Waals surface area contributed by atoms with E-state index in [2.05, 4.69) is 10.6 Å². The van der Waals surface area contributed by atoms with Crippen molar-refractivity contribution in [2.75, 3.05) is 6.61 Å². The topological polar surface area (TPSA) is 78.1 Å². The first-order valence-corrected chi connectivity index (χ1v) is 8.59. The standard InChI is InChI=1S/C17H20N2O5S/c1-16(2)23-12-11(9-21-8-10-6-4-3-5-7-10)22-17(13(12)24-16)14(20)18-15(25)19-17/h3-7,11-13H,8-9H2,1-2H3,(H2,18,19,20,25)/t11-,12-,13-,17+/m1/s1. The summed E-state index contributed by atoms with van der Waals surface area (Å²) < 4.78 is 23.7. The summed E-state index contributed by atoms with van der Waals surface area (Å²) >= 11 is 5.06. The van der Waals surface area contributed by atoms with Gasteiger partial charge in [0.2, 0.25) is 0 Å². The number of hydrogen-bond donors (Lipinski definition) is 2. The zero-order valence-corrected chi connectivity index (χ0v) is 14.8. The number of thiocarbonyl (C=S) groups is 1. The van der Waals surface area contributed by atoms with Gasteiger partial charge >= 0.3 is 0 Å². The molecule has 3 aliphatic heterocycles. The Morgan fingerprint density at radius 1 is 1.20 bits per heavy atom. The lowest BCUT2D eigenvalue weighted by molar-refractivity contribution is -0.214. The first kappa shape index (κ1) is 16.9. The molecule has 2 N–H and O–H groups in total. The third-order valence-electron chi connectivity index (χ3n) is 4.49. The second-order valence-electron chi connectivity index (χ2n) is 6.82. The SMILES string of the molecule is CC1(C)O[C@H]2[C@@H](O1)[C@]1(NC(=S)NC1=O)O[C@@H]2COCc1ccccc1. The van der Waals surface area contributed by atoms with E-state index in [9.17, 15) is 4.79 Å². The third kappa shape index (κ3) is 2.94. The third-order valence-corrected chi connectivity index (χ3v) is 4.69. The van der Waals surface area contributed by atoms with Gasteiger partial charge in [-0.05, 0) is 31.6 Å². The number of carbonyl (C=O) groups excluding carboxylic acids is 1. The number of ether oxygens (including phenoxy) is 4. The zero-order chi connectivity index (χ0) is 17.7. The molecule has 134 valence electrons. The van der Waals surface area contributed by atoms with Crippen LogP contribution in [0.3, 0.4) is 0 Å². The van der Waals surface area contributed by atoms with Crippen molar-refractivity contribution in [2.45, 2.75) is 50.3 Å². The largest absolute Gasteiger partial charge is 0.374 e. The van der Waals surface area contributed by atoms with E-state index in [1.165, 1.54) is 0 Å². The van der Waals surface area contributed by atoms with Crippen LogP contribution in [0, 0.1) is 0 Å². The molecule has 0 aromatic heterocycles. The van der Waals surface area contributed by atoms with Crippen LogP contribution in [0.15, 0.2) is 30.3 Å². The molecule has 3 fully saturated rings. The molecule has 8 heteroatoms. The molecular weight excluding hydrogens is 344 g/mol. The summed E-state index contributed by atoms with van der Waals surface area (Å²) in [5, 5.41) is 5.71. The molecule has 1 amide bonds. The second kappa shape index (κ2) is 6.00. The van der Waals surface area contributed by atoms with Crippen LogP contribution < -0.4 is 10.6 Å². The first-order valence-electron chi connectivity index (χ1n) is 8.18. The lowest BCUT2D eigenvalue weighted by atomic mass is 10.0. The molecule has 4 atom stereocenters. The molecule has 1 aromatic carbocycles. The van der Waals surface area contributed by atoms with Crippen molar-refractivity contribution < 1.29 is 23.7 Å². The van der Waals surface area contributed by atoms with Gasteiger partial charge in [0, 0.05) is 0 Å². The molecule has 0 aliphatic carbocycles. The Labute approximate surface area is 151 Å². The number of carbonyl (C=O) groups is 1. The average Bonchev–Trinajstić information content (AvgIpc) is 3.12. The quantitative estimate of drug-likeness (QED) is 0.766. The van der Waals surface area contributed by atoms with Gasteiger partial charge in [-0.25, -0.2) is 0 Å². The fourth-order valence-electron chi connectivity index (χ4n) is 3.48. The summed E-state index contributed by atoms with van der Waals surface area (Å²) in [5.41, 5.74) is -0.301. The van der Waals surface area contributed by atoms with Crippen molar-refractivity contribution in [3.05, 3.63) is 35.9 Å². The maximum absolute atomic E-state index is 12.4. The van der Waals surface area contributed by atoms with Gasteiger partial charge in [-0.15, -0.1) is 0 Å². The molecule has 7 nitrogen and oxygen atoms in total. The Hall–Kier alpha value is -1.58. The highest BCUT2D eigenvalue weighted by Gasteiger charge is 2.68. The Kier molecular flexibility index (Phi) is 4.04. The monoisotopic (exact) mass is 364 g/mol. The summed E-state index contributed by atoms with van der Waals surface area (Å²) in [6.45, 7) is 4.35. The van der Waals surface area contributed by atoms with Crippen LogP contribution in [-0.4, -0.2) is 47.5 Å². The van der Waals surface area contributed by atoms with Gasteiger partial charge in [0.25, 0.3) is 11.6 Å². The van der Waals surface area contributed by atoms with Crippen LogP contribution in [0.1, 0.15) is 19.4 Å². The van der Waals surface area contributed by atoms with Gasteiger partial charge in [0.05, 0.1) is 13.2 Å². The molecule has 3 saturated heterocycles. The Morgan fingerprint density at radius 2 is 1.96 bits per heavy atom. The van der Waals surface area contributed by atoms with Gasteiger partial charge in [0.1, 0.15) is 18.3 Å². The first-order chi connectivity index (χ1) is 11.9. The van der Waals surface area contributed by atoms with Gasteiger partial charge in [-0.3, -0.25) is 10.1 Å². The second-order valence-corrected chi connectivity index (χ2v) is 7.23. The summed E-state index contributed by atoms with van der Waals surface area (Å²) in [6, 6.07) is 9.85. The highest BCUT2D eigenvalue weighted by molar-refractivity contribution is 7.80. The van der Waals surface area contributed by atoms with Crippen molar-refractivity contribution in [1.82, 2.24) is 10.6 Å². The molecular formula is C17H20N2O5S. The van der Waals surface area contributed by atoms with E-state index in [4.69, 9.17) is 31.2 Å². The van der Waals surface area contributed by atoms with Gasteiger partial charge < -0.3 is 24.3 Å². The van der Waals surface area contributed by atoms with Crippen molar-refractivity contribution in [3.8, 4) is 0 Å². The molecule has 0 radical (unpaired) electrons. The van der Waals surface area contributed by atoms with E-state index in [-0.39, 0.29) is 17.6 Å². The van der Waals surface area contributed by atoms with E-state index in [1.807, 2.05) is 44.2 Å². The molecule has 4 rings (SSSR count). The average molecular weight is 364 g/mol. The van der Waals surface area contributed by atoms with E-state index in [1.54, 1.807) is 0 Å². The van der Waals surface area contributed by atoms with Crippen LogP contribution in [0.4, 0.5) is 0 Å². The van der Waals surface area contributed by atoms with Crippen molar-refractivity contribution in [2.24, 2.45) is 0 Å². The highest BCUT2D eigenvalue weighted by Crippen LogP contribution is 2.44. The maximum Gasteiger partial charge on any atom is 0.282 e. The van der Waals surface area contributed by atoms with E-state index >= 15 is 0 Å². The number of hydrogen-bond acceptors (Lipinski definition) is 6. The number of nitrogens with one attached hydrogen (secondary N) is 2. The minimum atomic E-state index is -1.36. The fourth-order valence-corrected chi connectivity index (χ4v) is 3.72. The Balaban J connectivity index is 1.49. The molecule has 3 aliphatic rings. The van der Waals surface area contributed by atoms with Crippen molar-refractivity contribution in [1.29, 1.82) is 0 Å². The molecule has 1 aromatic rings. The molecule has 1 spiro atoms. The predicted octanol–water partition coefficient (Wildman–Crippen LogP) is 0.823. The van der Waals surface area contributed by atoms with Crippen LogP contribution in [0.5, 0.6) is 0 Å². The summed E-state index contributed by atoms with van der Waals surface area (Å²) in [7, 11) is 0. The fraction of sp³-hybridized carbons (Fsp3) is 0.529. The van der Waals surface area contributed by atoms with Crippen LogP contribution in [-0.2, 0) is 30.3 Å². The number of fused-ring (bicyclic) bond motifs is 2. The number of amides is 1. The Morgan fingerprint density at radius 3 is 2.64 bits per heavy atom. The molecule has 0 unspecified atom stereocenters. The van der Waals surface area contributed by atoms with Crippen molar-refractivity contribution >= 4 is 23.2 Å². The highest BCUT2D eigenvalue weighted by atomic mass is 32.1. The number of benzene rings is 1. The number of rotatable bonds is 4. The summed E-state index contributed by atoms with van der Waals surface area (Å²) in [4.78, 5) is 12.4. The van der Waals surface area contributed by atoms with E-state index in [0.717, 1.165) is 5.56 Å². The molecule has 0 bridgehead atoms. The Bertz CT molecular complexity index is 698. The minimum Gasteiger partial charge on any atom is -0.374 e. The van der Waals surface area contributed by atoms with E-state index < -0.39 is 29.8 Å². The lowest BCUT2D eigenvalue weighted by Crippen LogP contribution is -2.56. The van der Waals surface area contributed by atoms with Gasteiger partial charge in [0.15, 0.2) is 10.9 Å². The lowest BCUT2D eigenvalue weighted by Gasteiger charge is -2.28. The maximum atomic E-state index is 12.4.